The second kappa shape index (κ2) is 11.4. The van der Waals surface area contributed by atoms with Crippen LogP contribution in [0.5, 0.6) is 5.75 Å². The maximum atomic E-state index is 13.4. The molecule has 0 fully saturated rings. The van der Waals surface area contributed by atoms with Gasteiger partial charge in [0.1, 0.15) is 12.9 Å². The first-order valence-electron chi connectivity index (χ1n) is 11.6. The SMILES string of the molecule is COc1ccc(C(=O)Nc2ccc(Cl)c(-c3cc4cnc(NCCN(C)C)nc4n(OC)c3=O)c2)cc1N. The number of hydrogen-bond donors (Lipinski definition) is 3. The van der Waals surface area contributed by atoms with Gasteiger partial charge in [-0.2, -0.15) is 4.98 Å². The van der Waals surface area contributed by atoms with E-state index in [9.17, 15) is 9.59 Å². The van der Waals surface area contributed by atoms with Crippen molar-refractivity contribution in [1.29, 1.82) is 0 Å². The van der Waals surface area contributed by atoms with Crippen LogP contribution in [-0.4, -0.2) is 66.9 Å². The summed E-state index contributed by atoms with van der Waals surface area (Å²) in [6.45, 7) is 1.42. The third-order valence-corrected chi connectivity index (χ3v) is 6.06. The van der Waals surface area contributed by atoms with E-state index in [4.69, 9.17) is 26.9 Å². The van der Waals surface area contributed by atoms with Crippen LogP contribution in [0.2, 0.25) is 5.02 Å². The summed E-state index contributed by atoms with van der Waals surface area (Å²) in [5.74, 6) is 0.462. The van der Waals surface area contributed by atoms with E-state index in [0.29, 0.717) is 56.8 Å². The Hall–Kier alpha value is -4.35. The highest BCUT2D eigenvalue weighted by atomic mass is 35.5. The molecule has 38 heavy (non-hydrogen) atoms. The number of likely N-dealkylation sites (N-methyl/N-ethyl adjacent to an activating group) is 1. The maximum absolute atomic E-state index is 13.4. The Kier molecular flexibility index (Phi) is 7.99. The molecule has 0 radical (unpaired) electrons. The number of rotatable bonds is 9. The van der Waals surface area contributed by atoms with Gasteiger partial charge >= 0.3 is 0 Å². The lowest BCUT2D eigenvalue weighted by molar-refractivity contribution is 0.102. The van der Waals surface area contributed by atoms with Crippen LogP contribution >= 0.6 is 11.6 Å². The second-order valence-corrected chi connectivity index (χ2v) is 9.06. The average Bonchev–Trinajstić information content (AvgIpc) is 2.89. The number of ether oxygens (including phenoxy) is 1. The molecule has 12 heteroatoms. The number of nitrogens with zero attached hydrogens (tertiary/aromatic N) is 4. The Morgan fingerprint density at radius 1 is 1.13 bits per heavy atom. The number of nitrogen functional groups attached to an aromatic ring is 1. The van der Waals surface area contributed by atoms with Crippen LogP contribution in [0, 0.1) is 0 Å². The zero-order chi connectivity index (χ0) is 27.4. The molecule has 0 unspecified atom stereocenters. The minimum Gasteiger partial charge on any atom is -0.495 e. The first-order valence-corrected chi connectivity index (χ1v) is 12.0. The number of aromatic nitrogens is 3. The molecule has 0 aliphatic carbocycles. The van der Waals surface area contributed by atoms with Gasteiger partial charge in [0.05, 0.1) is 18.4 Å². The van der Waals surface area contributed by atoms with E-state index >= 15 is 0 Å². The van der Waals surface area contributed by atoms with Gasteiger partial charge in [0.2, 0.25) is 5.95 Å². The third-order valence-electron chi connectivity index (χ3n) is 5.73. The standard InChI is InChI=1S/C26H28ClN7O4/c1-33(2)10-9-29-26-30-14-16-11-19(25(36)34(38-4)23(16)32-26)18-13-17(6-7-20(18)27)31-24(35)15-5-8-22(37-3)21(28)12-15/h5-8,11-14H,9-10,28H2,1-4H3,(H,31,35)(H,29,30,32). The van der Waals surface area contributed by atoms with Gasteiger partial charge < -0.3 is 30.8 Å². The molecule has 0 aliphatic heterocycles. The van der Waals surface area contributed by atoms with E-state index in [0.717, 1.165) is 11.3 Å². The monoisotopic (exact) mass is 537 g/mol. The van der Waals surface area contributed by atoms with E-state index in [1.165, 1.54) is 20.3 Å². The minimum atomic E-state index is -0.466. The van der Waals surface area contributed by atoms with Crippen molar-refractivity contribution in [3.8, 4) is 16.9 Å². The third kappa shape index (κ3) is 5.63. The van der Waals surface area contributed by atoms with Crippen molar-refractivity contribution in [1.82, 2.24) is 19.6 Å². The number of carbonyl (C=O) groups is 1. The van der Waals surface area contributed by atoms with Crippen molar-refractivity contribution in [2.24, 2.45) is 0 Å². The Morgan fingerprint density at radius 3 is 2.61 bits per heavy atom. The van der Waals surface area contributed by atoms with E-state index in [-0.39, 0.29) is 11.5 Å². The van der Waals surface area contributed by atoms with Crippen molar-refractivity contribution in [3.63, 3.8) is 0 Å². The Balaban J connectivity index is 1.68. The number of methoxy groups -OCH3 is 1. The first kappa shape index (κ1) is 26.7. The Labute approximate surface area is 224 Å². The molecule has 0 atom stereocenters. The van der Waals surface area contributed by atoms with E-state index < -0.39 is 5.56 Å². The molecular formula is C26H28ClN7O4. The molecule has 2 heterocycles. The lowest BCUT2D eigenvalue weighted by Gasteiger charge is -2.14. The Bertz CT molecular complexity index is 1560. The number of anilines is 3. The van der Waals surface area contributed by atoms with Gasteiger partial charge in [-0.3, -0.25) is 9.59 Å². The molecule has 11 nitrogen and oxygen atoms in total. The fraction of sp³-hybridized carbons (Fsp3) is 0.231. The second-order valence-electron chi connectivity index (χ2n) is 8.65. The zero-order valence-electron chi connectivity index (χ0n) is 21.4. The van der Waals surface area contributed by atoms with Crippen LogP contribution in [0.3, 0.4) is 0 Å². The number of hydrogen-bond acceptors (Lipinski definition) is 9. The lowest BCUT2D eigenvalue weighted by atomic mass is 10.1. The van der Waals surface area contributed by atoms with Gasteiger partial charge in [-0.15, -0.1) is 4.73 Å². The van der Waals surface area contributed by atoms with E-state index in [1.807, 2.05) is 19.0 Å². The summed E-state index contributed by atoms with van der Waals surface area (Å²) >= 11 is 6.49. The molecule has 0 bridgehead atoms. The highest BCUT2D eigenvalue weighted by molar-refractivity contribution is 6.33. The van der Waals surface area contributed by atoms with E-state index in [2.05, 4.69) is 20.6 Å². The molecule has 0 saturated carbocycles. The number of amides is 1. The Morgan fingerprint density at radius 2 is 1.92 bits per heavy atom. The van der Waals surface area contributed by atoms with Gasteiger partial charge in [0.25, 0.3) is 11.5 Å². The fourth-order valence-corrected chi connectivity index (χ4v) is 4.02. The number of halogens is 1. The number of nitrogens with one attached hydrogen (secondary N) is 2. The van der Waals surface area contributed by atoms with Crippen molar-refractivity contribution >= 4 is 45.9 Å². The number of benzene rings is 2. The quantitative estimate of drug-likeness (QED) is 0.275. The number of carbonyl (C=O) groups excluding carboxylic acids is 1. The van der Waals surface area contributed by atoms with Gasteiger partial charge in [-0.25, -0.2) is 4.98 Å². The highest BCUT2D eigenvalue weighted by Crippen LogP contribution is 2.31. The number of fused-ring (bicyclic) bond motifs is 1. The van der Waals surface area contributed by atoms with Crippen LogP contribution in [0.4, 0.5) is 17.3 Å². The van der Waals surface area contributed by atoms with Crippen LogP contribution in [0.1, 0.15) is 10.4 Å². The maximum Gasteiger partial charge on any atom is 0.293 e. The zero-order valence-corrected chi connectivity index (χ0v) is 22.2. The van der Waals surface area contributed by atoms with Crippen molar-refractivity contribution in [2.75, 3.05) is 57.8 Å². The molecule has 2 aromatic carbocycles. The van der Waals surface area contributed by atoms with Crippen LogP contribution in [-0.2, 0) is 0 Å². The molecule has 0 spiro atoms. The molecule has 1 amide bonds. The fourth-order valence-electron chi connectivity index (χ4n) is 3.80. The smallest absolute Gasteiger partial charge is 0.293 e. The predicted molar refractivity (Wildman–Crippen MR) is 149 cm³/mol. The molecule has 198 valence electrons. The minimum absolute atomic E-state index is 0.256. The van der Waals surface area contributed by atoms with Crippen LogP contribution in [0.15, 0.2) is 53.5 Å². The number of nitrogens with two attached hydrogens (primary N) is 1. The lowest BCUT2D eigenvalue weighted by Crippen LogP contribution is -2.28. The topological polar surface area (TPSA) is 137 Å². The van der Waals surface area contributed by atoms with Gasteiger partial charge in [0, 0.05) is 46.5 Å². The molecule has 4 rings (SSSR count). The first-order chi connectivity index (χ1) is 18.2. The van der Waals surface area contributed by atoms with Gasteiger partial charge in [-0.1, -0.05) is 11.6 Å². The molecule has 0 aliphatic rings. The summed E-state index contributed by atoms with van der Waals surface area (Å²) in [5.41, 5.74) is 7.55. The summed E-state index contributed by atoms with van der Waals surface area (Å²) < 4.78 is 6.23. The van der Waals surface area contributed by atoms with Crippen molar-refractivity contribution in [3.05, 3.63) is 69.6 Å². The summed E-state index contributed by atoms with van der Waals surface area (Å²) in [7, 11) is 6.81. The average molecular weight is 538 g/mol. The van der Waals surface area contributed by atoms with Gasteiger partial charge in [0.15, 0.2) is 5.65 Å². The summed E-state index contributed by atoms with van der Waals surface area (Å²) in [6.07, 6.45) is 1.60. The summed E-state index contributed by atoms with van der Waals surface area (Å²) in [6, 6.07) is 11.2. The summed E-state index contributed by atoms with van der Waals surface area (Å²) in [5, 5.41) is 6.83. The number of pyridine rings is 1. The molecule has 2 aromatic heterocycles. The van der Waals surface area contributed by atoms with Crippen molar-refractivity contribution in [2.45, 2.75) is 0 Å². The molecule has 4 N–H and O–H groups in total. The van der Waals surface area contributed by atoms with Crippen LogP contribution in [0.25, 0.3) is 22.2 Å². The normalized spacial score (nSPS) is 11.0. The van der Waals surface area contributed by atoms with E-state index in [1.54, 1.807) is 42.6 Å². The molecule has 0 saturated heterocycles. The molecular weight excluding hydrogens is 510 g/mol. The highest BCUT2D eigenvalue weighted by Gasteiger charge is 2.17. The van der Waals surface area contributed by atoms with Crippen LogP contribution < -0.4 is 31.5 Å². The molecule has 4 aromatic rings. The summed E-state index contributed by atoms with van der Waals surface area (Å²) in [4.78, 5) is 42.5. The predicted octanol–water partition coefficient (Wildman–Crippen LogP) is 2.99. The largest absolute Gasteiger partial charge is 0.495 e. The van der Waals surface area contributed by atoms with Crippen molar-refractivity contribution < 1.29 is 14.4 Å². The van der Waals surface area contributed by atoms with Gasteiger partial charge in [-0.05, 0) is 56.6 Å².